The lowest BCUT2D eigenvalue weighted by Gasteiger charge is -2.07. The number of amides is 1. The Morgan fingerprint density at radius 3 is 2.59 bits per heavy atom. The molecule has 1 amide bonds. The second-order valence-corrected chi connectivity index (χ2v) is 7.55. The zero-order valence-electron chi connectivity index (χ0n) is 17.4. The Morgan fingerprint density at radius 1 is 1.03 bits per heavy atom. The number of ether oxygens (including phenoxy) is 1. The van der Waals surface area contributed by atoms with Crippen LogP contribution < -0.4 is 10.2 Å². The van der Waals surface area contributed by atoms with Crippen LogP contribution in [0.5, 0.6) is 5.75 Å². The summed E-state index contributed by atoms with van der Waals surface area (Å²) < 4.78 is 5.88. The number of nitrogens with one attached hydrogen (secondary N) is 2. The number of aromatic nitrogens is 2. The van der Waals surface area contributed by atoms with Crippen molar-refractivity contribution in [2.75, 3.05) is 0 Å². The number of carbonyl (C=O) groups is 1. The Balaban J connectivity index is 1.41. The van der Waals surface area contributed by atoms with Gasteiger partial charge in [0, 0.05) is 10.6 Å². The van der Waals surface area contributed by atoms with E-state index in [1.54, 1.807) is 18.2 Å². The average Bonchev–Trinajstić information content (AvgIpc) is 3.33. The van der Waals surface area contributed by atoms with Gasteiger partial charge >= 0.3 is 0 Å². The maximum absolute atomic E-state index is 12.5. The summed E-state index contributed by atoms with van der Waals surface area (Å²) in [5.41, 5.74) is 6.95. The van der Waals surface area contributed by atoms with E-state index < -0.39 is 0 Å². The first kappa shape index (κ1) is 21.3. The zero-order chi connectivity index (χ0) is 22.3. The van der Waals surface area contributed by atoms with Crippen LogP contribution in [0, 0.1) is 0 Å². The lowest BCUT2D eigenvalue weighted by atomic mass is 10.1. The number of aromatic amines is 1. The second-order valence-electron chi connectivity index (χ2n) is 7.11. The molecule has 0 aliphatic carbocycles. The standard InChI is InChI=1S/C25H21ClN4O2/c1-17(19-10-12-21(26)13-11-19)27-30-25(31)24-15-23(28-29-24)20-8-5-9-22(14-20)32-16-18-6-3-2-4-7-18/h2-15H,16H2,1H3,(H,28,29)(H,30,31)/b27-17+. The van der Waals surface area contributed by atoms with Gasteiger partial charge in [-0.25, -0.2) is 5.43 Å². The van der Waals surface area contributed by atoms with Gasteiger partial charge in [0.25, 0.3) is 5.91 Å². The van der Waals surface area contributed by atoms with Crippen LogP contribution in [0.4, 0.5) is 0 Å². The molecule has 0 unspecified atom stereocenters. The molecule has 7 heteroatoms. The lowest BCUT2D eigenvalue weighted by molar-refractivity contribution is 0.0950. The minimum Gasteiger partial charge on any atom is -0.489 e. The first-order valence-electron chi connectivity index (χ1n) is 10.0. The van der Waals surface area contributed by atoms with Crippen LogP contribution in [-0.2, 0) is 6.61 Å². The molecule has 1 aromatic heterocycles. The fraction of sp³-hybridized carbons (Fsp3) is 0.0800. The third kappa shape index (κ3) is 5.42. The minimum absolute atomic E-state index is 0.309. The summed E-state index contributed by atoms with van der Waals surface area (Å²) in [6, 6.07) is 26.5. The number of rotatable bonds is 7. The van der Waals surface area contributed by atoms with Gasteiger partial charge in [-0.1, -0.05) is 66.2 Å². The molecule has 0 saturated heterocycles. The summed E-state index contributed by atoms with van der Waals surface area (Å²) in [5.74, 6) is 0.345. The molecule has 1 heterocycles. The first-order valence-corrected chi connectivity index (χ1v) is 10.4. The SMILES string of the molecule is C/C(=N\NC(=O)c1cc(-c2cccc(OCc3ccccc3)c2)n[nH]1)c1ccc(Cl)cc1. The Bertz CT molecular complexity index is 1230. The second kappa shape index (κ2) is 9.94. The summed E-state index contributed by atoms with van der Waals surface area (Å²) in [5, 5.41) is 11.8. The smallest absolute Gasteiger partial charge is 0.289 e. The number of nitrogens with zero attached hydrogens (tertiary/aromatic N) is 2. The molecule has 6 nitrogen and oxygen atoms in total. The minimum atomic E-state index is -0.381. The zero-order valence-corrected chi connectivity index (χ0v) is 18.1. The fourth-order valence-electron chi connectivity index (χ4n) is 3.02. The van der Waals surface area contributed by atoms with Gasteiger partial charge in [0.05, 0.1) is 11.4 Å². The van der Waals surface area contributed by atoms with Crippen molar-refractivity contribution in [3.8, 4) is 17.0 Å². The Morgan fingerprint density at radius 2 is 1.81 bits per heavy atom. The maximum Gasteiger partial charge on any atom is 0.289 e. The summed E-state index contributed by atoms with van der Waals surface area (Å²) in [7, 11) is 0. The topological polar surface area (TPSA) is 79.4 Å². The van der Waals surface area contributed by atoms with Gasteiger partial charge in [-0.05, 0) is 48.4 Å². The summed E-state index contributed by atoms with van der Waals surface area (Å²) >= 11 is 5.90. The van der Waals surface area contributed by atoms with Crippen LogP contribution in [0.25, 0.3) is 11.3 Å². The highest BCUT2D eigenvalue weighted by Gasteiger charge is 2.11. The molecule has 0 aliphatic rings. The fourth-order valence-corrected chi connectivity index (χ4v) is 3.15. The number of hydrogen-bond donors (Lipinski definition) is 2. The van der Waals surface area contributed by atoms with Crippen molar-refractivity contribution in [3.63, 3.8) is 0 Å². The van der Waals surface area contributed by atoms with Crippen molar-refractivity contribution >= 4 is 23.2 Å². The van der Waals surface area contributed by atoms with Gasteiger partial charge in [-0.3, -0.25) is 9.89 Å². The van der Waals surface area contributed by atoms with Crippen LogP contribution in [0.3, 0.4) is 0 Å². The molecule has 0 spiro atoms. The van der Waals surface area contributed by atoms with Crippen LogP contribution >= 0.6 is 11.6 Å². The van der Waals surface area contributed by atoms with Crippen molar-refractivity contribution in [1.82, 2.24) is 15.6 Å². The van der Waals surface area contributed by atoms with E-state index >= 15 is 0 Å². The number of benzene rings is 3. The van der Waals surface area contributed by atoms with Crippen molar-refractivity contribution in [1.29, 1.82) is 0 Å². The molecule has 2 N–H and O–H groups in total. The molecule has 3 aromatic carbocycles. The molecule has 0 atom stereocenters. The van der Waals surface area contributed by atoms with Gasteiger partial charge in [0.1, 0.15) is 18.1 Å². The number of hydrazone groups is 1. The normalized spacial score (nSPS) is 11.2. The van der Waals surface area contributed by atoms with E-state index in [0.29, 0.717) is 28.7 Å². The molecule has 0 bridgehead atoms. The largest absolute Gasteiger partial charge is 0.489 e. The highest BCUT2D eigenvalue weighted by atomic mass is 35.5. The van der Waals surface area contributed by atoms with E-state index in [0.717, 1.165) is 22.4 Å². The quantitative estimate of drug-likeness (QED) is 0.293. The number of hydrogen-bond acceptors (Lipinski definition) is 4. The molecular weight excluding hydrogens is 424 g/mol. The third-order valence-corrected chi connectivity index (χ3v) is 5.04. The van der Waals surface area contributed by atoms with E-state index in [-0.39, 0.29) is 5.91 Å². The Hall–Kier alpha value is -3.90. The van der Waals surface area contributed by atoms with Crippen molar-refractivity contribution < 1.29 is 9.53 Å². The summed E-state index contributed by atoms with van der Waals surface area (Å²) in [4.78, 5) is 12.5. The van der Waals surface area contributed by atoms with Gasteiger partial charge in [0.2, 0.25) is 0 Å². The molecular formula is C25H21ClN4O2. The van der Waals surface area contributed by atoms with Crippen LogP contribution in [-0.4, -0.2) is 21.8 Å². The number of carbonyl (C=O) groups excluding carboxylic acids is 1. The Kier molecular flexibility index (Phi) is 6.63. The van der Waals surface area contributed by atoms with Gasteiger partial charge < -0.3 is 4.74 Å². The number of H-pyrrole nitrogens is 1. The van der Waals surface area contributed by atoms with Crippen molar-refractivity contribution in [2.45, 2.75) is 13.5 Å². The molecule has 0 fully saturated rings. The number of halogens is 1. The summed E-state index contributed by atoms with van der Waals surface area (Å²) in [6.45, 7) is 2.28. The van der Waals surface area contributed by atoms with E-state index in [4.69, 9.17) is 16.3 Å². The molecule has 0 saturated carbocycles. The van der Waals surface area contributed by atoms with Gasteiger partial charge in [-0.15, -0.1) is 0 Å². The third-order valence-electron chi connectivity index (χ3n) is 4.79. The highest BCUT2D eigenvalue weighted by Crippen LogP contribution is 2.23. The van der Waals surface area contributed by atoms with Crippen LogP contribution in [0.2, 0.25) is 5.02 Å². The van der Waals surface area contributed by atoms with Crippen molar-refractivity contribution in [2.24, 2.45) is 5.10 Å². The Labute approximate surface area is 190 Å². The van der Waals surface area contributed by atoms with Crippen LogP contribution in [0.15, 0.2) is 90.0 Å². The van der Waals surface area contributed by atoms with Gasteiger partial charge in [0.15, 0.2) is 0 Å². The van der Waals surface area contributed by atoms with Crippen LogP contribution in [0.1, 0.15) is 28.5 Å². The average molecular weight is 445 g/mol. The van der Waals surface area contributed by atoms with E-state index in [1.165, 1.54) is 0 Å². The first-order chi connectivity index (χ1) is 15.6. The molecule has 32 heavy (non-hydrogen) atoms. The highest BCUT2D eigenvalue weighted by molar-refractivity contribution is 6.30. The maximum atomic E-state index is 12.5. The van der Waals surface area contributed by atoms with Gasteiger partial charge in [-0.2, -0.15) is 10.2 Å². The predicted octanol–water partition coefficient (Wildman–Crippen LogP) is 5.46. The van der Waals surface area contributed by atoms with Crippen molar-refractivity contribution in [3.05, 3.63) is 107 Å². The van der Waals surface area contributed by atoms with E-state index in [2.05, 4.69) is 20.7 Å². The molecule has 0 aliphatic heterocycles. The molecule has 160 valence electrons. The lowest BCUT2D eigenvalue weighted by Crippen LogP contribution is -2.19. The monoisotopic (exact) mass is 444 g/mol. The molecule has 4 rings (SSSR count). The molecule has 0 radical (unpaired) electrons. The summed E-state index contributed by atoms with van der Waals surface area (Å²) in [6.07, 6.45) is 0. The predicted molar refractivity (Wildman–Crippen MR) is 126 cm³/mol. The molecule has 4 aromatic rings. The van der Waals surface area contributed by atoms with E-state index in [1.807, 2.05) is 73.7 Å². The van der Waals surface area contributed by atoms with E-state index in [9.17, 15) is 4.79 Å².